The van der Waals surface area contributed by atoms with E-state index in [0.29, 0.717) is 11.6 Å². The van der Waals surface area contributed by atoms with E-state index in [9.17, 15) is 4.79 Å². The average Bonchev–Trinajstić information content (AvgIpc) is 3.01. The summed E-state index contributed by atoms with van der Waals surface area (Å²) < 4.78 is 1.65. The van der Waals surface area contributed by atoms with E-state index < -0.39 is 0 Å². The minimum absolute atomic E-state index is 0.0697. The monoisotopic (exact) mass is 271 g/mol. The van der Waals surface area contributed by atoms with Gasteiger partial charge in [-0.3, -0.25) is 4.79 Å². The highest BCUT2D eigenvalue weighted by molar-refractivity contribution is 5.94. The molecule has 104 valence electrons. The van der Waals surface area contributed by atoms with E-state index in [2.05, 4.69) is 22.3 Å². The highest BCUT2D eigenvalue weighted by Crippen LogP contribution is 2.12. The third-order valence-electron chi connectivity index (χ3n) is 3.43. The average molecular weight is 271 g/mol. The van der Waals surface area contributed by atoms with Gasteiger partial charge in [-0.15, -0.1) is 0 Å². The predicted octanol–water partition coefficient (Wildman–Crippen LogP) is 0.701. The van der Waals surface area contributed by atoms with E-state index in [1.807, 2.05) is 29.2 Å². The molecule has 0 aliphatic carbocycles. The van der Waals surface area contributed by atoms with Crippen molar-refractivity contribution in [2.24, 2.45) is 0 Å². The highest BCUT2D eigenvalue weighted by Gasteiger charge is 2.21. The number of nitrogens with one attached hydrogen (secondary N) is 1. The molecule has 1 fully saturated rings. The van der Waals surface area contributed by atoms with Crippen molar-refractivity contribution < 1.29 is 4.79 Å². The minimum Gasteiger partial charge on any atom is -0.336 e. The van der Waals surface area contributed by atoms with Crippen molar-refractivity contribution in [1.82, 2.24) is 25.0 Å². The fourth-order valence-corrected chi connectivity index (χ4v) is 2.42. The van der Waals surface area contributed by atoms with Crippen LogP contribution in [0.4, 0.5) is 0 Å². The van der Waals surface area contributed by atoms with Crippen LogP contribution in [-0.4, -0.2) is 51.2 Å². The van der Waals surface area contributed by atoms with Gasteiger partial charge in [-0.2, -0.15) is 5.10 Å². The summed E-state index contributed by atoms with van der Waals surface area (Å²) in [5.41, 5.74) is 1.53. The van der Waals surface area contributed by atoms with E-state index in [1.165, 1.54) is 6.33 Å². The maximum absolute atomic E-state index is 12.5. The van der Waals surface area contributed by atoms with E-state index in [-0.39, 0.29) is 5.91 Å². The molecular formula is C14H17N5O. The molecule has 0 saturated carbocycles. The minimum atomic E-state index is 0.0697. The molecule has 1 amide bonds. The van der Waals surface area contributed by atoms with Crippen molar-refractivity contribution in [3.63, 3.8) is 0 Å². The van der Waals surface area contributed by atoms with Crippen LogP contribution in [0.5, 0.6) is 0 Å². The fraction of sp³-hybridized carbons (Fsp3) is 0.357. The second kappa shape index (κ2) is 5.42. The number of amides is 1. The van der Waals surface area contributed by atoms with Crippen LogP contribution < -0.4 is 5.32 Å². The van der Waals surface area contributed by atoms with E-state index in [1.54, 1.807) is 11.0 Å². The van der Waals surface area contributed by atoms with Gasteiger partial charge in [0.2, 0.25) is 0 Å². The Balaban J connectivity index is 1.83. The summed E-state index contributed by atoms with van der Waals surface area (Å²) in [4.78, 5) is 18.3. The van der Waals surface area contributed by atoms with Gasteiger partial charge >= 0.3 is 0 Å². The van der Waals surface area contributed by atoms with Gasteiger partial charge in [0.05, 0.1) is 5.69 Å². The number of hydrogen-bond acceptors (Lipinski definition) is 4. The number of aromatic nitrogens is 3. The Kier molecular flexibility index (Phi) is 3.47. The molecule has 1 unspecified atom stereocenters. The van der Waals surface area contributed by atoms with Gasteiger partial charge in [0.1, 0.15) is 12.7 Å². The Morgan fingerprint density at radius 1 is 1.45 bits per heavy atom. The van der Waals surface area contributed by atoms with Gasteiger partial charge in [-0.1, -0.05) is 6.07 Å². The van der Waals surface area contributed by atoms with Crippen LogP contribution in [0.15, 0.2) is 36.9 Å². The molecule has 6 heteroatoms. The van der Waals surface area contributed by atoms with Gasteiger partial charge in [0.25, 0.3) is 5.91 Å². The Morgan fingerprint density at radius 2 is 2.35 bits per heavy atom. The molecule has 1 aliphatic heterocycles. The van der Waals surface area contributed by atoms with Gasteiger partial charge < -0.3 is 10.2 Å². The van der Waals surface area contributed by atoms with Crippen molar-refractivity contribution in [3.8, 4) is 5.69 Å². The Morgan fingerprint density at radius 3 is 3.10 bits per heavy atom. The number of nitrogens with zero attached hydrogens (tertiary/aromatic N) is 4. The van der Waals surface area contributed by atoms with Crippen LogP contribution in [0.2, 0.25) is 0 Å². The van der Waals surface area contributed by atoms with E-state index in [0.717, 1.165) is 25.3 Å². The zero-order chi connectivity index (χ0) is 13.9. The first-order valence-corrected chi connectivity index (χ1v) is 6.72. The molecule has 2 aromatic rings. The maximum atomic E-state index is 12.5. The van der Waals surface area contributed by atoms with E-state index in [4.69, 9.17) is 0 Å². The number of benzene rings is 1. The normalized spacial score (nSPS) is 19.1. The molecule has 1 aromatic carbocycles. The second-order valence-electron chi connectivity index (χ2n) is 5.00. The lowest BCUT2D eigenvalue weighted by Gasteiger charge is -2.32. The van der Waals surface area contributed by atoms with Crippen LogP contribution in [0.25, 0.3) is 5.69 Å². The zero-order valence-corrected chi connectivity index (χ0v) is 11.4. The Bertz CT molecular complexity index is 595. The molecule has 0 radical (unpaired) electrons. The van der Waals surface area contributed by atoms with Gasteiger partial charge in [0.15, 0.2) is 0 Å². The van der Waals surface area contributed by atoms with Crippen molar-refractivity contribution in [2.75, 3.05) is 19.6 Å². The van der Waals surface area contributed by atoms with Crippen molar-refractivity contribution >= 4 is 5.91 Å². The summed E-state index contributed by atoms with van der Waals surface area (Å²) in [6.45, 7) is 4.42. The van der Waals surface area contributed by atoms with Crippen LogP contribution in [0.1, 0.15) is 17.3 Å². The SMILES string of the molecule is CC1CN(C(=O)c2cccc(-n3cncn3)c2)CCN1. The molecule has 1 saturated heterocycles. The Labute approximate surface area is 117 Å². The van der Waals surface area contributed by atoms with Gasteiger partial charge in [0, 0.05) is 31.2 Å². The number of carbonyl (C=O) groups excluding carboxylic acids is 1. The number of rotatable bonds is 2. The molecule has 1 N–H and O–H groups in total. The summed E-state index contributed by atoms with van der Waals surface area (Å²) in [6.07, 6.45) is 3.10. The molecule has 20 heavy (non-hydrogen) atoms. The topological polar surface area (TPSA) is 63.1 Å². The third-order valence-corrected chi connectivity index (χ3v) is 3.43. The number of hydrogen-bond donors (Lipinski definition) is 1. The van der Waals surface area contributed by atoms with Crippen LogP contribution in [-0.2, 0) is 0 Å². The maximum Gasteiger partial charge on any atom is 0.254 e. The first-order chi connectivity index (χ1) is 9.74. The largest absolute Gasteiger partial charge is 0.336 e. The first-order valence-electron chi connectivity index (χ1n) is 6.72. The molecule has 2 heterocycles. The summed E-state index contributed by atoms with van der Waals surface area (Å²) in [5, 5.41) is 7.42. The van der Waals surface area contributed by atoms with Crippen molar-refractivity contribution in [2.45, 2.75) is 13.0 Å². The standard InChI is InChI=1S/C14H17N5O/c1-11-8-18(6-5-16-11)14(20)12-3-2-4-13(7-12)19-10-15-9-17-19/h2-4,7,9-11,16H,5-6,8H2,1H3. The number of carbonyl (C=O) groups is 1. The van der Waals surface area contributed by atoms with Crippen molar-refractivity contribution in [3.05, 3.63) is 42.5 Å². The lowest BCUT2D eigenvalue weighted by molar-refractivity contribution is 0.0709. The smallest absolute Gasteiger partial charge is 0.254 e. The van der Waals surface area contributed by atoms with Crippen LogP contribution in [0, 0.1) is 0 Å². The predicted molar refractivity (Wildman–Crippen MR) is 74.7 cm³/mol. The summed E-state index contributed by atoms with van der Waals surface area (Å²) >= 11 is 0. The lowest BCUT2D eigenvalue weighted by Crippen LogP contribution is -2.51. The van der Waals surface area contributed by atoms with Gasteiger partial charge in [-0.25, -0.2) is 9.67 Å². The summed E-state index contributed by atoms with van der Waals surface area (Å²) in [5.74, 6) is 0.0697. The first kappa shape index (κ1) is 12.8. The van der Waals surface area contributed by atoms with Crippen LogP contribution in [0.3, 0.4) is 0 Å². The van der Waals surface area contributed by atoms with Crippen molar-refractivity contribution in [1.29, 1.82) is 0 Å². The van der Waals surface area contributed by atoms with E-state index >= 15 is 0 Å². The van der Waals surface area contributed by atoms with Crippen LogP contribution >= 0.6 is 0 Å². The molecule has 3 rings (SSSR count). The fourth-order valence-electron chi connectivity index (χ4n) is 2.42. The quantitative estimate of drug-likeness (QED) is 0.873. The molecule has 6 nitrogen and oxygen atoms in total. The molecule has 1 atom stereocenters. The summed E-state index contributed by atoms with van der Waals surface area (Å²) in [7, 11) is 0. The summed E-state index contributed by atoms with van der Waals surface area (Å²) in [6, 6.07) is 7.81. The molecule has 1 aliphatic rings. The van der Waals surface area contributed by atoms with Gasteiger partial charge in [-0.05, 0) is 25.1 Å². The molecule has 0 spiro atoms. The lowest BCUT2D eigenvalue weighted by atomic mass is 10.1. The molecule has 0 bridgehead atoms. The zero-order valence-electron chi connectivity index (χ0n) is 11.4. The number of piperazine rings is 1. The molecule has 1 aromatic heterocycles. The third kappa shape index (κ3) is 2.55. The highest BCUT2D eigenvalue weighted by atomic mass is 16.2. The second-order valence-corrected chi connectivity index (χ2v) is 5.00. The molecular weight excluding hydrogens is 254 g/mol. The Hall–Kier alpha value is -2.21.